The van der Waals surface area contributed by atoms with Gasteiger partial charge in [0.2, 0.25) is 0 Å². The molecule has 1 amide bonds. The van der Waals surface area contributed by atoms with Crippen molar-refractivity contribution in [2.45, 2.75) is 32.4 Å². The van der Waals surface area contributed by atoms with E-state index in [0.717, 1.165) is 11.0 Å². The lowest BCUT2D eigenvalue weighted by Gasteiger charge is -2.34. The van der Waals surface area contributed by atoms with Gasteiger partial charge in [-0.25, -0.2) is 9.67 Å². The summed E-state index contributed by atoms with van der Waals surface area (Å²) < 4.78 is 7.11. The average molecular weight is 332 g/mol. The van der Waals surface area contributed by atoms with Gasteiger partial charge in [0.1, 0.15) is 0 Å². The number of morpholine rings is 1. The van der Waals surface area contributed by atoms with E-state index in [1.807, 2.05) is 13.8 Å². The number of aliphatic carboxylic acids is 1. The number of amides is 1. The van der Waals surface area contributed by atoms with E-state index < -0.39 is 12.0 Å². The minimum atomic E-state index is -0.949. The predicted molar refractivity (Wildman–Crippen MR) is 85.8 cm³/mol. The van der Waals surface area contributed by atoms with E-state index in [2.05, 4.69) is 10.1 Å². The van der Waals surface area contributed by atoms with E-state index in [1.54, 1.807) is 21.8 Å². The van der Waals surface area contributed by atoms with Gasteiger partial charge in [-0.3, -0.25) is 9.59 Å². The molecular weight excluding hydrogens is 312 g/mol. The summed E-state index contributed by atoms with van der Waals surface area (Å²) in [6.07, 6.45) is 3.08. The Hall–Kier alpha value is -2.48. The van der Waals surface area contributed by atoms with Gasteiger partial charge in [-0.1, -0.05) is 0 Å². The molecular formula is C16H20N4O4. The Bertz CT molecular complexity index is 771. The number of carbonyl (C=O) groups is 2. The van der Waals surface area contributed by atoms with Gasteiger partial charge in [0.05, 0.1) is 37.4 Å². The lowest BCUT2D eigenvalue weighted by Crippen LogP contribution is -2.49. The van der Waals surface area contributed by atoms with E-state index in [9.17, 15) is 9.59 Å². The fourth-order valence-corrected chi connectivity index (χ4v) is 2.89. The zero-order valence-electron chi connectivity index (χ0n) is 13.7. The van der Waals surface area contributed by atoms with Gasteiger partial charge in [0.15, 0.2) is 5.65 Å². The second kappa shape index (κ2) is 6.56. The Morgan fingerprint density at radius 2 is 2.21 bits per heavy atom. The SMILES string of the molecule is CC(C)n1ncc2cc(C(=O)N3CCOCC3CC(=O)O)cnc21. The number of hydrogen-bond donors (Lipinski definition) is 1. The molecule has 1 aliphatic rings. The third kappa shape index (κ3) is 3.09. The van der Waals surface area contributed by atoms with Crippen LogP contribution in [0, 0.1) is 0 Å². The van der Waals surface area contributed by atoms with Crippen LogP contribution >= 0.6 is 0 Å². The van der Waals surface area contributed by atoms with Crippen molar-refractivity contribution in [1.82, 2.24) is 19.7 Å². The number of carboxylic acids is 1. The van der Waals surface area contributed by atoms with Crippen molar-refractivity contribution in [3.8, 4) is 0 Å². The highest BCUT2D eigenvalue weighted by Crippen LogP contribution is 2.20. The monoisotopic (exact) mass is 332 g/mol. The molecule has 1 aliphatic heterocycles. The maximum atomic E-state index is 12.8. The first-order chi connectivity index (χ1) is 11.5. The summed E-state index contributed by atoms with van der Waals surface area (Å²) in [6, 6.07) is 1.47. The van der Waals surface area contributed by atoms with Gasteiger partial charge in [-0.2, -0.15) is 5.10 Å². The highest BCUT2D eigenvalue weighted by atomic mass is 16.5. The zero-order chi connectivity index (χ0) is 17.3. The van der Waals surface area contributed by atoms with Crippen LogP contribution in [0.1, 0.15) is 36.7 Å². The van der Waals surface area contributed by atoms with Crippen LogP contribution < -0.4 is 0 Å². The van der Waals surface area contributed by atoms with Crippen molar-refractivity contribution in [2.24, 2.45) is 0 Å². The second-order valence-corrected chi connectivity index (χ2v) is 6.14. The molecule has 2 aromatic heterocycles. The van der Waals surface area contributed by atoms with Crippen molar-refractivity contribution in [3.05, 3.63) is 24.0 Å². The summed E-state index contributed by atoms with van der Waals surface area (Å²) in [5.74, 6) is -1.17. The second-order valence-electron chi connectivity index (χ2n) is 6.14. The van der Waals surface area contributed by atoms with E-state index in [-0.39, 0.29) is 25.0 Å². The van der Waals surface area contributed by atoms with Gasteiger partial charge in [-0.05, 0) is 19.9 Å². The number of nitrogens with zero attached hydrogens (tertiary/aromatic N) is 4. The summed E-state index contributed by atoms with van der Waals surface area (Å²) in [6.45, 7) is 5.04. The van der Waals surface area contributed by atoms with Crippen LogP contribution in [0.25, 0.3) is 11.0 Å². The molecule has 24 heavy (non-hydrogen) atoms. The third-order valence-corrected chi connectivity index (χ3v) is 4.07. The number of hydrogen-bond acceptors (Lipinski definition) is 5. The van der Waals surface area contributed by atoms with Gasteiger partial charge in [0, 0.05) is 24.2 Å². The van der Waals surface area contributed by atoms with Crippen molar-refractivity contribution in [2.75, 3.05) is 19.8 Å². The van der Waals surface area contributed by atoms with Crippen LogP contribution in [0.15, 0.2) is 18.5 Å². The molecule has 8 heteroatoms. The molecule has 0 aliphatic carbocycles. The Morgan fingerprint density at radius 1 is 1.42 bits per heavy atom. The first-order valence-electron chi connectivity index (χ1n) is 7.91. The molecule has 1 N–H and O–H groups in total. The molecule has 1 fully saturated rings. The molecule has 0 radical (unpaired) electrons. The van der Waals surface area contributed by atoms with Gasteiger partial charge < -0.3 is 14.7 Å². The molecule has 3 heterocycles. The molecule has 1 atom stereocenters. The quantitative estimate of drug-likeness (QED) is 0.907. The maximum absolute atomic E-state index is 12.8. The summed E-state index contributed by atoms with van der Waals surface area (Å²) in [5, 5.41) is 14.1. The molecule has 1 unspecified atom stereocenters. The smallest absolute Gasteiger partial charge is 0.305 e. The molecule has 0 bridgehead atoms. The summed E-state index contributed by atoms with van der Waals surface area (Å²) in [5.41, 5.74) is 1.16. The maximum Gasteiger partial charge on any atom is 0.305 e. The fraction of sp³-hybridized carbons (Fsp3) is 0.500. The molecule has 2 aromatic rings. The minimum Gasteiger partial charge on any atom is -0.481 e. The average Bonchev–Trinajstić information content (AvgIpc) is 2.97. The third-order valence-electron chi connectivity index (χ3n) is 4.07. The number of carbonyl (C=O) groups excluding carboxylic acids is 1. The Morgan fingerprint density at radius 3 is 2.92 bits per heavy atom. The summed E-state index contributed by atoms with van der Waals surface area (Å²) >= 11 is 0. The molecule has 1 saturated heterocycles. The molecule has 0 spiro atoms. The van der Waals surface area contributed by atoms with Crippen molar-refractivity contribution >= 4 is 22.9 Å². The Balaban J connectivity index is 1.88. The highest BCUT2D eigenvalue weighted by Gasteiger charge is 2.30. The number of fused-ring (bicyclic) bond motifs is 1. The lowest BCUT2D eigenvalue weighted by atomic mass is 10.1. The molecule has 0 saturated carbocycles. The van der Waals surface area contributed by atoms with E-state index in [4.69, 9.17) is 9.84 Å². The van der Waals surface area contributed by atoms with Crippen molar-refractivity contribution in [3.63, 3.8) is 0 Å². The van der Waals surface area contributed by atoms with Crippen molar-refractivity contribution < 1.29 is 19.4 Å². The van der Waals surface area contributed by atoms with E-state index in [0.29, 0.717) is 18.7 Å². The molecule has 8 nitrogen and oxygen atoms in total. The number of carboxylic acid groups (broad SMARTS) is 1. The summed E-state index contributed by atoms with van der Waals surface area (Å²) in [7, 11) is 0. The normalized spacial score (nSPS) is 18.3. The number of aromatic nitrogens is 3. The number of pyridine rings is 1. The largest absolute Gasteiger partial charge is 0.481 e. The minimum absolute atomic E-state index is 0.132. The van der Waals surface area contributed by atoms with E-state index in [1.165, 1.54) is 6.20 Å². The zero-order valence-corrected chi connectivity index (χ0v) is 13.7. The molecule has 128 valence electrons. The molecule has 3 rings (SSSR count). The van der Waals surface area contributed by atoms with Crippen LogP contribution in [0.3, 0.4) is 0 Å². The van der Waals surface area contributed by atoms with Crippen LogP contribution in [0.5, 0.6) is 0 Å². The first-order valence-corrected chi connectivity index (χ1v) is 7.91. The lowest BCUT2D eigenvalue weighted by molar-refractivity contribution is -0.139. The van der Waals surface area contributed by atoms with Crippen LogP contribution in [0.2, 0.25) is 0 Å². The first kappa shape index (κ1) is 16.4. The predicted octanol–water partition coefficient (Wildman–Crippen LogP) is 1.33. The molecule has 0 aromatic carbocycles. The summed E-state index contributed by atoms with van der Waals surface area (Å²) in [4.78, 5) is 29.7. The fourth-order valence-electron chi connectivity index (χ4n) is 2.89. The number of ether oxygens (including phenoxy) is 1. The van der Waals surface area contributed by atoms with Gasteiger partial charge >= 0.3 is 5.97 Å². The van der Waals surface area contributed by atoms with E-state index >= 15 is 0 Å². The Labute approximate surface area is 139 Å². The topological polar surface area (TPSA) is 97.6 Å². The van der Waals surface area contributed by atoms with Crippen LogP contribution in [0.4, 0.5) is 0 Å². The van der Waals surface area contributed by atoms with Crippen LogP contribution in [-0.4, -0.2) is 62.4 Å². The van der Waals surface area contributed by atoms with Gasteiger partial charge in [0.25, 0.3) is 5.91 Å². The highest BCUT2D eigenvalue weighted by molar-refractivity contribution is 5.97. The standard InChI is InChI=1S/C16H20N4O4/c1-10(2)20-15-11(8-18-20)5-12(7-17-15)16(23)19-3-4-24-9-13(19)6-14(21)22/h5,7-8,10,13H,3-4,6,9H2,1-2H3,(H,21,22). The Kier molecular flexibility index (Phi) is 4.48. The van der Waals surface area contributed by atoms with Crippen molar-refractivity contribution in [1.29, 1.82) is 0 Å². The van der Waals surface area contributed by atoms with Crippen LogP contribution in [-0.2, 0) is 9.53 Å². The van der Waals surface area contributed by atoms with Gasteiger partial charge in [-0.15, -0.1) is 0 Å². The number of rotatable bonds is 4.